The smallest absolute Gasteiger partial charge is 0.230 e. The highest BCUT2D eigenvalue weighted by Gasteiger charge is 2.54. The number of aryl methyl sites for hydroxylation is 1. The van der Waals surface area contributed by atoms with Gasteiger partial charge in [0.25, 0.3) is 0 Å². The zero-order chi connectivity index (χ0) is 23.4. The SMILES string of the molecule is N#C[C@@H]1C[C@H](F)CN1C(=O)CCc1c[nH]c2ccc(NC(=O)C34CC5CC(CC(C5)C3)C4)cc12. The number of nitrogens with one attached hydrogen (secondary N) is 2. The highest BCUT2D eigenvalue weighted by atomic mass is 19.1. The van der Waals surface area contributed by atoms with Crippen LogP contribution >= 0.6 is 0 Å². The summed E-state index contributed by atoms with van der Waals surface area (Å²) < 4.78 is 13.7. The summed E-state index contributed by atoms with van der Waals surface area (Å²) in [6.45, 7) is 0.00540. The zero-order valence-corrected chi connectivity index (χ0v) is 19.4. The molecular weight excluding hydrogens is 431 g/mol. The van der Waals surface area contributed by atoms with Crippen LogP contribution in [0, 0.1) is 34.5 Å². The molecule has 2 heterocycles. The van der Waals surface area contributed by atoms with Crippen LogP contribution < -0.4 is 5.32 Å². The standard InChI is InChI=1S/C27H31FN4O2/c28-20-8-22(13-29)32(15-20)25(33)4-1-19-14-30-24-3-2-21(9-23(19)24)31-26(34)27-10-16-5-17(11-27)7-18(6-16)12-27/h2-3,9,14,16-18,20,22,30H,1,4-8,10-12,15H2,(H,31,34)/t16?,17?,18?,20-,22-,27?/m0/s1. The lowest BCUT2D eigenvalue weighted by molar-refractivity contribution is -0.140. The second kappa shape index (κ2) is 8.11. The lowest BCUT2D eigenvalue weighted by Crippen LogP contribution is -2.51. The molecule has 34 heavy (non-hydrogen) atoms. The number of hydrogen-bond acceptors (Lipinski definition) is 3. The molecule has 2 atom stereocenters. The number of H-pyrrole nitrogens is 1. The molecule has 2 aromatic rings. The van der Waals surface area contributed by atoms with Gasteiger partial charge >= 0.3 is 0 Å². The zero-order valence-electron chi connectivity index (χ0n) is 19.4. The number of hydrogen-bond donors (Lipinski definition) is 2. The maximum atomic E-state index is 13.7. The molecule has 1 aromatic heterocycles. The van der Waals surface area contributed by atoms with Gasteiger partial charge in [-0.15, -0.1) is 0 Å². The Labute approximate surface area is 198 Å². The van der Waals surface area contributed by atoms with E-state index in [2.05, 4.69) is 10.3 Å². The van der Waals surface area contributed by atoms with Crippen molar-refractivity contribution in [2.24, 2.45) is 23.2 Å². The lowest BCUT2D eigenvalue weighted by Gasteiger charge is -2.55. The Kier molecular flexibility index (Phi) is 5.16. The Morgan fingerprint density at radius 2 is 1.85 bits per heavy atom. The summed E-state index contributed by atoms with van der Waals surface area (Å²) in [5.41, 5.74) is 2.54. The molecule has 2 amide bonds. The van der Waals surface area contributed by atoms with Crippen LogP contribution in [0.5, 0.6) is 0 Å². The first-order valence-corrected chi connectivity index (χ1v) is 12.7. The van der Waals surface area contributed by atoms with Crippen LogP contribution in [0.1, 0.15) is 56.9 Å². The van der Waals surface area contributed by atoms with Crippen molar-refractivity contribution >= 4 is 28.4 Å². The van der Waals surface area contributed by atoms with Crippen LogP contribution in [0.25, 0.3) is 10.9 Å². The fourth-order valence-electron chi connectivity index (χ4n) is 7.68. The fourth-order valence-corrected chi connectivity index (χ4v) is 7.68. The molecule has 1 aromatic carbocycles. The number of aromatic nitrogens is 1. The van der Waals surface area contributed by atoms with E-state index < -0.39 is 12.2 Å². The van der Waals surface area contributed by atoms with Gasteiger partial charge in [0.1, 0.15) is 12.2 Å². The third-order valence-electron chi connectivity index (χ3n) is 8.87. The predicted molar refractivity (Wildman–Crippen MR) is 126 cm³/mol. The summed E-state index contributed by atoms with van der Waals surface area (Å²) >= 11 is 0. The second-order valence-electron chi connectivity index (χ2n) is 11.3. The molecule has 4 bridgehead atoms. The van der Waals surface area contributed by atoms with Crippen molar-refractivity contribution < 1.29 is 14.0 Å². The fraction of sp³-hybridized carbons (Fsp3) is 0.593. The first kappa shape index (κ1) is 21.6. The number of carbonyl (C=O) groups excluding carboxylic acids is 2. The Balaban J connectivity index is 1.15. The van der Waals surface area contributed by atoms with E-state index in [0.29, 0.717) is 6.42 Å². The van der Waals surface area contributed by atoms with E-state index >= 15 is 0 Å². The molecule has 4 saturated carbocycles. The molecule has 1 aliphatic heterocycles. The van der Waals surface area contributed by atoms with Gasteiger partial charge in [-0.1, -0.05) is 0 Å². The number of carbonyl (C=O) groups is 2. The normalized spacial score (nSPS) is 33.9. The summed E-state index contributed by atoms with van der Waals surface area (Å²) in [4.78, 5) is 30.7. The number of likely N-dealkylation sites (tertiary alicyclic amines) is 1. The third-order valence-corrected chi connectivity index (χ3v) is 8.87. The average Bonchev–Trinajstić information content (AvgIpc) is 3.39. The highest BCUT2D eigenvalue weighted by molar-refractivity contribution is 5.98. The number of amides is 2. The minimum absolute atomic E-state index is 0.00540. The predicted octanol–water partition coefficient (Wildman–Crippen LogP) is 4.72. The summed E-state index contributed by atoms with van der Waals surface area (Å²) in [6, 6.07) is 7.27. The Morgan fingerprint density at radius 1 is 1.15 bits per heavy atom. The molecule has 7 rings (SSSR count). The molecule has 4 aliphatic carbocycles. The van der Waals surface area contributed by atoms with Crippen molar-refractivity contribution in [2.75, 3.05) is 11.9 Å². The maximum absolute atomic E-state index is 13.7. The molecule has 0 radical (unpaired) electrons. The van der Waals surface area contributed by atoms with Gasteiger partial charge in [0.2, 0.25) is 11.8 Å². The minimum Gasteiger partial charge on any atom is -0.361 e. The van der Waals surface area contributed by atoms with Gasteiger partial charge in [0.15, 0.2) is 0 Å². The first-order valence-electron chi connectivity index (χ1n) is 12.7. The minimum atomic E-state index is -1.12. The molecular formula is C27H31FN4O2. The molecule has 178 valence electrons. The van der Waals surface area contributed by atoms with E-state index in [1.807, 2.05) is 30.5 Å². The van der Waals surface area contributed by atoms with Gasteiger partial charge in [-0.25, -0.2) is 4.39 Å². The van der Waals surface area contributed by atoms with E-state index in [9.17, 15) is 19.2 Å². The molecule has 2 N–H and O–H groups in total. The van der Waals surface area contributed by atoms with Crippen LogP contribution in [0.2, 0.25) is 0 Å². The van der Waals surface area contributed by atoms with E-state index in [1.165, 1.54) is 24.2 Å². The summed E-state index contributed by atoms with van der Waals surface area (Å²) in [5.74, 6) is 2.15. The number of anilines is 1. The summed E-state index contributed by atoms with van der Waals surface area (Å²) in [7, 11) is 0. The molecule has 6 nitrogen and oxygen atoms in total. The number of nitrogens with zero attached hydrogens (tertiary/aromatic N) is 2. The number of halogens is 1. The van der Waals surface area contributed by atoms with Crippen LogP contribution in [-0.2, 0) is 16.0 Å². The van der Waals surface area contributed by atoms with Crippen LogP contribution in [0.4, 0.5) is 10.1 Å². The number of fused-ring (bicyclic) bond motifs is 1. The lowest BCUT2D eigenvalue weighted by atomic mass is 9.49. The molecule has 5 aliphatic rings. The number of alkyl halides is 1. The number of benzene rings is 1. The van der Waals surface area contributed by atoms with Gasteiger partial charge in [-0.3, -0.25) is 9.59 Å². The van der Waals surface area contributed by atoms with E-state index in [1.54, 1.807) is 0 Å². The Hall–Kier alpha value is -2.88. The Morgan fingerprint density at radius 3 is 2.53 bits per heavy atom. The molecule has 1 saturated heterocycles. The van der Waals surface area contributed by atoms with Crippen LogP contribution in [0.15, 0.2) is 24.4 Å². The molecule has 0 unspecified atom stereocenters. The Bertz CT molecular complexity index is 1150. The van der Waals surface area contributed by atoms with Crippen molar-refractivity contribution in [1.29, 1.82) is 5.26 Å². The monoisotopic (exact) mass is 462 g/mol. The molecule has 0 spiro atoms. The quantitative estimate of drug-likeness (QED) is 0.674. The summed E-state index contributed by atoms with van der Waals surface area (Å²) in [6.07, 6.45) is 8.61. The largest absolute Gasteiger partial charge is 0.361 e. The maximum Gasteiger partial charge on any atom is 0.230 e. The number of aromatic amines is 1. The third kappa shape index (κ3) is 3.68. The molecule has 7 heteroatoms. The van der Waals surface area contributed by atoms with Gasteiger partial charge in [-0.05, 0) is 86.5 Å². The topological polar surface area (TPSA) is 89.0 Å². The second-order valence-corrected chi connectivity index (χ2v) is 11.3. The number of nitriles is 1. The van der Waals surface area contributed by atoms with Gasteiger partial charge in [0.05, 0.1) is 18.0 Å². The summed E-state index contributed by atoms with van der Waals surface area (Å²) in [5, 5.41) is 13.4. The highest BCUT2D eigenvalue weighted by Crippen LogP contribution is 2.60. The van der Waals surface area contributed by atoms with Crippen molar-refractivity contribution in [1.82, 2.24) is 9.88 Å². The van der Waals surface area contributed by atoms with E-state index in [-0.39, 0.29) is 36.6 Å². The van der Waals surface area contributed by atoms with Gasteiger partial charge in [0, 0.05) is 35.6 Å². The first-order chi connectivity index (χ1) is 16.4. The van der Waals surface area contributed by atoms with E-state index in [0.717, 1.165) is 59.2 Å². The van der Waals surface area contributed by atoms with Gasteiger partial charge in [-0.2, -0.15) is 5.26 Å². The number of rotatable bonds is 5. The van der Waals surface area contributed by atoms with Gasteiger partial charge < -0.3 is 15.2 Å². The van der Waals surface area contributed by atoms with Crippen molar-refractivity contribution in [3.05, 3.63) is 30.0 Å². The molecule has 5 fully saturated rings. The van der Waals surface area contributed by atoms with Crippen LogP contribution in [-0.4, -0.2) is 40.5 Å². The van der Waals surface area contributed by atoms with Crippen molar-refractivity contribution in [3.8, 4) is 6.07 Å². The van der Waals surface area contributed by atoms with Crippen LogP contribution in [0.3, 0.4) is 0 Å². The van der Waals surface area contributed by atoms with Crippen molar-refractivity contribution in [3.63, 3.8) is 0 Å². The van der Waals surface area contributed by atoms with Crippen molar-refractivity contribution in [2.45, 2.75) is 70.0 Å². The van der Waals surface area contributed by atoms with E-state index in [4.69, 9.17) is 0 Å². The average molecular weight is 463 g/mol.